The number of hydroxylamine groups is 1. The molecule has 3 N–H and O–H groups in total. The number of hydrogen-bond acceptors (Lipinski definition) is 6. The van der Waals surface area contributed by atoms with Crippen molar-refractivity contribution in [3.8, 4) is 5.75 Å². The number of hydrogen-bond donors (Lipinski definition) is 3. The third kappa shape index (κ3) is 6.69. The van der Waals surface area contributed by atoms with Gasteiger partial charge in [-0.05, 0) is 55.4 Å². The normalized spacial score (nSPS) is 24.3. The van der Waals surface area contributed by atoms with Crippen molar-refractivity contribution < 1.29 is 29.1 Å². The Morgan fingerprint density at radius 2 is 1.97 bits per heavy atom. The van der Waals surface area contributed by atoms with Crippen LogP contribution in [0, 0.1) is 11.3 Å². The molecule has 3 aliphatic rings. The second-order valence-corrected chi connectivity index (χ2v) is 12.4. The number of likely N-dealkylation sites (tertiary alicyclic amines) is 1. The molecule has 0 bridgehead atoms. The van der Waals surface area contributed by atoms with Crippen LogP contribution in [0.25, 0.3) is 5.70 Å². The van der Waals surface area contributed by atoms with Crippen molar-refractivity contribution in [1.82, 2.24) is 15.7 Å². The highest BCUT2D eigenvalue weighted by Gasteiger charge is 2.53. The number of halogens is 1. The Labute approximate surface area is 235 Å². The predicted molar refractivity (Wildman–Crippen MR) is 148 cm³/mol. The lowest BCUT2D eigenvalue weighted by molar-refractivity contribution is -0.150. The minimum atomic E-state index is -1.11. The number of amides is 2. The van der Waals surface area contributed by atoms with Gasteiger partial charge in [0.25, 0.3) is 0 Å². The summed E-state index contributed by atoms with van der Waals surface area (Å²) in [7, 11) is 0. The van der Waals surface area contributed by atoms with Crippen molar-refractivity contribution in [2.75, 3.05) is 13.2 Å². The Balaban J connectivity index is 1.53. The smallest absolute Gasteiger partial charge is 0.326 e. The van der Waals surface area contributed by atoms with Gasteiger partial charge in [0.2, 0.25) is 11.8 Å². The number of nitrogens with zero attached hydrogens (tertiary/aromatic N) is 1. The number of carboxylic acid groups (broad SMARTS) is 1. The summed E-state index contributed by atoms with van der Waals surface area (Å²) in [5.41, 5.74) is 2.63. The van der Waals surface area contributed by atoms with Crippen LogP contribution in [0.2, 0.25) is 5.02 Å². The highest BCUT2D eigenvalue weighted by Crippen LogP contribution is 2.39. The van der Waals surface area contributed by atoms with E-state index >= 15 is 0 Å². The zero-order chi connectivity index (χ0) is 28.4. The average Bonchev–Trinajstić information content (AvgIpc) is 3.47. The zero-order valence-electron chi connectivity index (χ0n) is 23.2. The van der Waals surface area contributed by atoms with Crippen molar-refractivity contribution >= 4 is 35.1 Å². The maximum absolute atomic E-state index is 13.9. The zero-order valence-corrected chi connectivity index (χ0v) is 24.0. The third-order valence-corrected chi connectivity index (χ3v) is 8.15. The Morgan fingerprint density at radius 1 is 1.26 bits per heavy atom. The molecule has 1 aliphatic carbocycles. The van der Waals surface area contributed by atoms with Crippen LogP contribution in [0.4, 0.5) is 0 Å². The van der Waals surface area contributed by atoms with E-state index in [0.717, 1.165) is 31.2 Å². The number of ether oxygens (including phenoxy) is 1. The van der Waals surface area contributed by atoms with Crippen LogP contribution >= 0.6 is 11.6 Å². The fourth-order valence-corrected chi connectivity index (χ4v) is 6.02. The molecule has 2 fully saturated rings. The Morgan fingerprint density at radius 3 is 2.59 bits per heavy atom. The topological polar surface area (TPSA) is 117 Å². The Kier molecular flexibility index (Phi) is 8.81. The van der Waals surface area contributed by atoms with Gasteiger partial charge in [-0.2, -0.15) is 0 Å². The van der Waals surface area contributed by atoms with E-state index in [-0.39, 0.29) is 18.9 Å². The molecule has 1 aromatic carbocycles. The molecule has 2 amide bonds. The molecule has 2 heterocycles. The second-order valence-electron chi connectivity index (χ2n) is 12.0. The van der Waals surface area contributed by atoms with Gasteiger partial charge in [-0.25, -0.2) is 4.79 Å². The molecule has 1 saturated heterocycles. The minimum Gasteiger partial charge on any atom is -0.492 e. The molecule has 0 radical (unpaired) electrons. The van der Waals surface area contributed by atoms with E-state index in [1.165, 1.54) is 11.3 Å². The molecule has 39 heavy (non-hydrogen) atoms. The van der Waals surface area contributed by atoms with Gasteiger partial charge < -0.3 is 20.1 Å². The number of carbonyl (C=O) groups is 3. The average molecular weight is 562 g/mol. The summed E-state index contributed by atoms with van der Waals surface area (Å²) in [4.78, 5) is 46.4. The van der Waals surface area contributed by atoms with Gasteiger partial charge in [-0.15, -0.1) is 0 Å². The van der Waals surface area contributed by atoms with E-state index in [4.69, 9.17) is 21.2 Å². The SMILES string of the molecule is CCOc1ccc(C2=C[C@]3(C[C@@H](C(=O)O)N(C(=O)[C@@H](NC(=O)CC4CCCCC4)C(C)(C)C)C3)ON2)cc1Cl. The number of carbonyl (C=O) groups excluding carboxylic acids is 2. The van der Waals surface area contributed by atoms with Gasteiger partial charge in [0, 0.05) is 18.4 Å². The number of nitrogens with one attached hydrogen (secondary N) is 2. The molecule has 2 aliphatic heterocycles. The monoisotopic (exact) mass is 561 g/mol. The first-order valence-corrected chi connectivity index (χ1v) is 14.2. The summed E-state index contributed by atoms with van der Waals surface area (Å²) in [5, 5.41) is 13.5. The van der Waals surface area contributed by atoms with Crippen LogP contribution in [0.5, 0.6) is 5.75 Å². The van der Waals surface area contributed by atoms with Crippen molar-refractivity contribution in [3.63, 3.8) is 0 Å². The van der Waals surface area contributed by atoms with Gasteiger partial charge >= 0.3 is 5.97 Å². The van der Waals surface area contributed by atoms with Gasteiger partial charge in [-0.1, -0.05) is 51.6 Å². The maximum atomic E-state index is 13.9. The summed E-state index contributed by atoms with van der Waals surface area (Å²) in [6.45, 7) is 8.03. The molecule has 0 unspecified atom stereocenters. The summed E-state index contributed by atoms with van der Waals surface area (Å²) < 4.78 is 5.51. The second kappa shape index (κ2) is 11.8. The molecule has 3 atom stereocenters. The molecule has 9 nitrogen and oxygen atoms in total. The summed E-state index contributed by atoms with van der Waals surface area (Å²) in [6.07, 6.45) is 7.78. The summed E-state index contributed by atoms with van der Waals surface area (Å²) in [6, 6.07) is 3.38. The fraction of sp³-hybridized carbons (Fsp3) is 0.621. The summed E-state index contributed by atoms with van der Waals surface area (Å²) in [5.74, 6) is -0.799. The largest absolute Gasteiger partial charge is 0.492 e. The van der Waals surface area contributed by atoms with Gasteiger partial charge in [-0.3, -0.25) is 19.9 Å². The molecule has 4 rings (SSSR count). The first-order chi connectivity index (χ1) is 18.4. The lowest BCUT2D eigenvalue weighted by atomic mass is 9.84. The number of benzene rings is 1. The van der Waals surface area contributed by atoms with Crippen molar-refractivity contribution in [2.24, 2.45) is 11.3 Å². The highest BCUT2D eigenvalue weighted by atomic mass is 35.5. The van der Waals surface area contributed by atoms with Crippen LogP contribution < -0.4 is 15.5 Å². The predicted octanol–water partition coefficient (Wildman–Crippen LogP) is 4.54. The quantitative estimate of drug-likeness (QED) is 0.426. The number of rotatable bonds is 8. The van der Waals surface area contributed by atoms with Gasteiger partial charge in [0.15, 0.2) is 0 Å². The summed E-state index contributed by atoms with van der Waals surface area (Å²) >= 11 is 6.36. The minimum absolute atomic E-state index is 0.0368. The first-order valence-electron chi connectivity index (χ1n) is 13.8. The van der Waals surface area contributed by atoms with E-state index in [9.17, 15) is 19.5 Å². The van der Waals surface area contributed by atoms with Crippen molar-refractivity contribution in [2.45, 2.75) is 90.3 Å². The third-order valence-electron chi connectivity index (χ3n) is 7.85. The maximum Gasteiger partial charge on any atom is 0.326 e. The Hall–Kier alpha value is -2.78. The standard InChI is InChI=1S/C29H40ClN3O6/c1-5-38-23-12-11-19(14-20(23)30)21-15-29(39-32-21)16-22(27(36)37)33(17-29)26(35)25(28(2,3)4)31-24(34)13-18-9-7-6-8-10-18/h11-12,14-15,18,22,25,32H,5-10,13,16-17H2,1-4H3,(H,31,34)(H,36,37)/t22-,25+,29+/m0/s1. The molecule has 214 valence electrons. The van der Waals surface area contributed by atoms with Crippen LogP contribution in [-0.2, 0) is 19.2 Å². The molecule has 1 saturated carbocycles. The Bertz CT molecular complexity index is 1130. The molecule has 1 aromatic rings. The van der Waals surface area contributed by atoms with E-state index in [2.05, 4.69) is 10.8 Å². The lowest BCUT2D eigenvalue weighted by Crippen LogP contribution is -2.57. The lowest BCUT2D eigenvalue weighted by Gasteiger charge is -2.35. The van der Waals surface area contributed by atoms with E-state index < -0.39 is 35.0 Å². The molecular weight excluding hydrogens is 522 g/mol. The number of carboxylic acids is 1. The van der Waals surface area contributed by atoms with E-state index in [1.54, 1.807) is 12.1 Å². The molecular formula is C29H40ClN3O6. The van der Waals surface area contributed by atoms with E-state index in [0.29, 0.717) is 35.4 Å². The molecule has 1 spiro atoms. The van der Waals surface area contributed by atoms with Crippen LogP contribution in [0.15, 0.2) is 24.3 Å². The van der Waals surface area contributed by atoms with Gasteiger partial charge in [0.1, 0.15) is 23.4 Å². The van der Waals surface area contributed by atoms with Gasteiger partial charge in [0.05, 0.1) is 23.9 Å². The molecule has 0 aromatic heterocycles. The number of aliphatic carboxylic acids is 1. The highest BCUT2D eigenvalue weighted by molar-refractivity contribution is 6.32. The molecule has 10 heteroatoms. The fourth-order valence-electron chi connectivity index (χ4n) is 5.78. The van der Waals surface area contributed by atoms with Crippen molar-refractivity contribution in [1.29, 1.82) is 0 Å². The first kappa shape index (κ1) is 29.2. The van der Waals surface area contributed by atoms with Crippen LogP contribution in [-0.4, -0.2) is 58.6 Å². The van der Waals surface area contributed by atoms with Crippen LogP contribution in [0.3, 0.4) is 0 Å². The van der Waals surface area contributed by atoms with E-state index in [1.807, 2.05) is 39.8 Å². The van der Waals surface area contributed by atoms with Crippen molar-refractivity contribution in [3.05, 3.63) is 34.9 Å². The van der Waals surface area contributed by atoms with Crippen LogP contribution in [0.1, 0.15) is 78.2 Å².